The van der Waals surface area contributed by atoms with Gasteiger partial charge >= 0.3 is 0 Å². The first-order chi connectivity index (χ1) is 7.97. The van der Waals surface area contributed by atoms with E-state index in [0.29, 0.717) is 5.84 Å². The molecule has 0 aromatic heterocycles. The average Bonchev–Trinajstić information content (AvgIpc) is 2.96. The van der Waals surface area contributed by atoms with Crippen molar-refractivity contribution in [3.63, 3.8) is 0 Å². The second kappa shape index (κ2) is 6.21. The monoisotopic (exact) mass is 242 g/mol. The normalized spacial score (nSPS) is 19.0. The largest absolute Gasteiger partial charge is 0.409 e. The smallest absolute Gasteiger partial charge is 0.139 e. The van der Waals surface area contributed by atoms with Crippen LogP contribution in [0.1, 0.15) is 25.7 Å². The number of amidine groups is 1. The van der Waals surface area contributed by atoms with Gasteiger partial charge < -0.3 is 20.7 Å². The molecule has 1 aliphatic carbocycles. The van der Waals surface area contributed by atoms with Gasteiger partial charge in [0.05, 0.1) is 0 Å². The third-order valence-corrected chi connectivity index (χ3v) is 3.39. The molecule has 0 bridgehead atoms. The number of rotatable bonds is 8. The quantitative estimate of drug-likeness (QED) is 0.286. The molecule has 5 heteroatoms. The minimum atomic E-state index is 0.281. The second-order valence-corrected chi connectivity index (χ2v) is 5.66. The highest BCUT2D eigenvalue weighted by Crippen LogP contribution is 2.49. The first-order valence-electron chi connectivity index (χ1n) is 6.27. The summed E-state index contributed by atoms with van der Waals surface area (Å²) in [4.78, 5) is 4.57. The molecule has 0 aromatic carbocycles. The van der Waals surface area contributed by atoms with E-state index in [-0.39, 0.29) is 5.41 Å². The summed E-state index contributed by atoms with van der Waals surface area (Å²) in [5, 5.41) is 11.7. The fraction of sp³-hybridized carbons (Fsp3) is 0.917. The van der Waals surface area contributed by atoms with Crippen LogP contribution >= 0.6 is 0 Å². The molecular weight excluding hydrogens is 216 g/mol. The fourth-order valence-corrected chi connectivity index (χ4v) is 2.30. The van der Waals surface area contributed by atoms with Crippen LogP contribution in [0.2, 0.25) is 0 Å². The van der Waals surface area contributed by atoms with Crippen LogP contribution in [0, 0.1) is 5.41 Å². The predicted octanol–water partition coefficient (Wildman–Crippen LogP) is 0.787. The van der Waals surface area contributed by atoms with Crippen molar-refractivity contribution < 1.29 is 5.21 Å². The maximum atomic E-state index is 8.61. The summed E-state index contributed by atoms with van der Waals surface area (Å²) in [6.45, 7) is 3.28. The Morgan fingerprint density at radius 3 is 2.41 bits per heavy atom. The van der Waals surface area contributed by atoms with Crippen LogP contribution in [0.3, 0.4) is 0 Å². The molecule has 1 saturated carbocycles. The Labute approximate surface area is 104 Å². The van der Waals surface area contributed by atoms with Crippen LogP contribution in [-0.4, -0.2) is 61.6 Å². The Bertz CT molecular complexity index is 261. The lowest BCUT2D eigenvalue weighted by Crippen LogP contribution is -2.32. The van der Waals surface area contributed by atoms with Crippen LogP contribution < -0.4 is 5.73 Å². The van der Waals surface area contributed by atoms with Crippen molar-refractivity contribution in [2.24, 2.45) is 16.3 Å². The van der Waals surface area contributed by atoms with Gasteiger partial charge in [-0.25, -0.2) is 0 Å². The van der Waals surface area contributed by atoms with E-state index in [1.54, 1.807) is 0 Å². The fourth-order valence-electron chi connectivity index (χ4n) is 2.30. The Hall–Kier alpha value is -0.810. The topological polar surface area (TPSA) is 65.1 Å². The minimum absolute atomic E-state index is 0.281. The van der Waals surface area contributed by atoms with Crippen molar-refractivity contribution in [2.45, 2.75) is 25.7 Å². The predicted molar refractivity (Wildman–Crippen MR) is 70.4 cm³/mol. The summed E-state index contributed by atoms with van der Waals surface area (Å²) >= 11 is 0. The first-order valence-corrected chi connectivity index (χ1v) is 6.27. The molecular formula is C12H26N4O. The molecule has 0 saturated heterocycles. The first kappa shape index (κ1) is 14.3. The van der Waals surface area contributed by atoms with Crippen molar-refractivity contribution in [3.05, 3.63) is 0 Å². The summed E-state index contributed by atoms with van der Waals surface area (Å²) in [6, 6.07) is 0. The van der Waals surface area contributed by atoms with Gasteiger partial charge in [0.25, 0.3) is 0 Å². The molecule has 1 aliphatic rings. The Balaban J connectivity index is 2.23. The van der Waals surface area contributed by atoms with E-state index in [4.69, 9.17) is 10.9 Å². The van der Waals surface area contributed by atoms with E-state index in [0.717, 1.165) is 26.1 Å². The Kier molecular flexibility index (Phi) is 5.21. The molecule has 0 heterocycles. The second-order valence-electron chi connectivity index (χ2n) is 5.66. The molecule has 0 unspecified atom stereocenters. The SMILES string of the molecule is CN(C)CCCN(C)CC1(CC(N)=NO)CC1. The summed E-state index contributed by atoms with van der Waals surface area (Å²) in [6.07, 6.45) is 4.30. The molecule has 1 rings (SSSR count). The van der Waals surface area contributed by atoms with Crippen molar-refractivity contribution in [1.29, 1.82) is 0 Å². The Morgan fingerprint density at radius 2 is 1.94 bits per heavy atom. The van der Waals surface area contributed by atoms with Crippen molar-refractivity contribution in [1.82, 2.24) is 9.80 Å². The third-order valence-electron chi connectivity index (χ3n) is 3.39. The molecule has 5 nitrogen and oxygen atoms in total. The Morgan fingerprint density at radius 1 is 1.29 bits per heavy atom. The van der Waals surface area contributed by atoms with Gasteiger partial charge in [-0.2, -0.15) is 0 Å². The van der Waals surface area contributed by atoms with E-state index in [2.05, 4.69) is 36.1 Å². The van der Waals surface area contributed by atoms with Crippen LogP contribution in [0.5, 0.6) is 0 Å². The van der Waals surface area contributed by atoms with E-state index >= 15 is 0 Å². The van der Waals surface area contributed by atoms with E-state index in [9.17, 15) is 0 Å². The van der Waals surface area contributed by atoms with Gasteiger partial charge in [-0.05, 0) is 58.9 Å². The van der Waals surface area contributed by atoms with Crippen LogP contribution in [0.4, 0.5) is 0 Å². The zero-order chi connectivity index (χ0) is 12.9. The molecule has 17 heavy (non-hydrogen) atoms. The highest BCUT2D eigenvalue weighted by atomic mass is 16.4. The van der Waals surface area contributed by atoms with Crippen LogP contribution in [0.15, 0.2) is 5.16 Å². The molecule has 0 aliphatic heterocycles. The molecule has 0 spiro atoms. The van der Waals surface area contributed by atoms with E-state index in [1.807, 2.05) is 0 Å². The average molecular weight is 242 g/mol. The molecule has 1 fully saturated rings. The summed E-state index contributed by atoms with van der Waals surface area (Å²) in [5.74, 6) is 0.365. The highest BCUT2D eigenvalue weighted by molar-refractivity contribution is 5.80. The lowest BCUT2D eigenvalue weighted by molar-refractivity contribution is 0.249. The number of hydrogen-bond acceptors (Lipinski definition) is 4. The van der Waals surface area contributed by atoms with Gasteiger partial charge in [0.2, 0.25) is 0 Å². The molecule has 0 atom stereocenters. The lowest BCUT2D eigenvalue weighted by Gasteiger charge is -2.23. The maximum Gasteiger partial charge on any atom is 0.139 e. The van der Waals surface area contributed by atoms with Gasteiger partial charge in [-0.1, -0.05) is 5.16 Å². The number of hydrogen-bond donors (Lipinski definition) is 2. The van der Waals surface area contributed by atoms with Crippen LogP contribution in [-0.2, 0) is 0 Å². The summed E-state index contributed by atoms with van der Waals surface area (Å²) < 4.78 is 0. The minimum Gasteiger partial charge on any atom is -0.409 e. The molecule has 0 aromatic rings. The molecule has 100 valence electrons. The molecule has 0 radical (unpaired) electrons. The highest BCUT2D eigenvalue weighted by Gasteiger charge is 2.43. The number of oxime groups is 1. The zero-order valence-electron chi connectivity index (χ0n) is 11.3. The van der Waals surface area contributed by atoms with Crippen molar-refractivity contribution >= 4 is 5.84 Å². The van der Waals surface area contributed by atoms with E-state index in [1.165, 1.54) is 19.3 Å². The third kappa shape index (κ3) is 5.37. The van der Waals surface area contributed by atoms with Gasteiger partial charge in [-0.15, -0.1) is 0 Å². The summed E-state index contributed by atoms with van der Waals surface area (Å²) in [5.41, 5.74) is 5.87. The van der Waals surface area contributed by atoms with Gasteiger partial charge in [0, 0.05) is 13.0 Å². The van der Waals surface area contributed by atoms with Gasteiger partial charge in [-0.3, -0.25) is 0 Å². The standard InChI is InChI=1S/C12H26N4O/c1-15(2)7-4-8-16(3)10-12(5-6-12)9-11(13)14-17/h17H,4-10H2,1-3H3,(H2,13,14). The molecule has 0 amide bonds. The number of nitrogens with two attached hydrogens (primary N) is 1. The van der Waals surface area contributed by atoms with Gasteiger partial charge in [0.1, 0.15) is 5.84 Å². The lowest BCUT2D eigenvalue weighted by atomic mass is 10.0. The summed E-state index contributed by atoms with van der Waals surface area (Å²) in [7, 11) is 6.35. The van der Waals surface area contributed by atoms with Gasteiger partial charge in [0.15, 0.2) is 0 Å². The van der Waals surface area contributed by atoms with Crippen LogP contribution in [0.25, 0.3) is 0 Å². The van der Waals surface area contributed by atoms with Crippen molar-refractivity contribution in [3.8, 4) is 0 Å². The zero-order valence-corrected chi connectivity index (χ0v) is 11.3. The number of nitrogens with zero attached hydrogens (tertiary/aromatic N) is 3. The maximum absolute atomic E-state index is 8.61. The van der Waals surface area contributed by atoms with Crippen molar-refractivity contribution in [2.75, 3.05) is 40.8 Å². The molecule has 3 N–H and O–H groups in total. The van der Waals surface area contributed by atoms with E-state index < -0.39 is 0 Å².